The van der Waals surface area contributed by atoms with Gasteiger partial charge in [-0.3, -0.25) is 33.8 Å². The molecule has 6 atom stereocenters. The van der Waals surface area contributed by atoms with E-state index in [9.17, 15) is 34.2 Å². The molecule has 2 unspecified atom stereocenters. The van der Waals surface area contributed by atoms with Gasteiger partial charge in [0.15, 0.2) is 34.7 Å². The Morgan fingerprint density at radius 2 is 1.76 bits per heavy atom. The number of hydrogen-bond acceptors (Lipinski definition) is 10. The zero-order chi connectivity index (χ0) is 30.5. The van der Waals surface area contributed by atoms with Crippen molar-refractivity contribution < 1.29 is 34.2 Å². The molecular formula is C30H42N4O7. The molecule has 41 heavy (non-hydrogen) atoms. The second-order valence-corrected chi connectivity index (χ2v) is 12.2. The quantitative estimate of drug-likeness (QED) is 0.358. The maximum absolute atomic E-state index is 14.0. The Morgan fingerprint density at radius 1 is 1.10 bits per heavy atom. The number of likely N-dealkylation sites (N-methyl/N-ethyl adjacent to an activating group) is 1. The average Bonchev–Trinajstić information content (AvgIpc) is 2.87. The SMILES string of the molecule is CCCCN(CC)Cc1cc(O)c2c(c1N(C)C)C[C@H]1C[C@H]3[C@H](N(C)C)C(=O)C(C(N)=O)C(=O)[C@@]3(O)C(=O)C1C2=O. The highest BCUT2D eigenvalue weighted by Gasteiger charge is 2.69. The Labute approximate surface area is 240 Å². The summed E-state index contributed by atoms with van der Waals surface area (Å²) in [6, 6.07) is 0.447. The zero-order valence-corrected chi connectivity index (χ0v) is 24.8. The van der Waals surface area contributed by atoms with Crippen LogP contribution in [0.4, 0.5) is 5.69 Å². The molecular weight excluding hydrogens is 528 g/mol. The number of carbonyl (C=O) groups excluding carboxylic acids is 5. The minimum atomic E-state index is -2.72. The molecule has 4 N–H and O–H groups in total. The van der Waals surface area contributed by atoms with Crippen LogP contribution in [0.15, 0.2) is 6.07 Å². The Kier molecular flexibility index (Phi) is 8.46. The molecule has 0 heterocycles. The maximum atomic E-state index is 14.0. The molecule has 2 fully saturated rings. The summed E-state index contributed by atoms with van der Waals surface area (Å²) in [6.07, 6.45) is 2.34. The topological polar surface area (TPSA) is 162 Å². The van der Waals surface area contributed by atoms with Crippen molar-refractivity contribution >= 4 is 34.7 Å². The second-order valence-electron chi connectivity index (χ2n) is 12.2. The van der Waals surface area contributed by atoms with Crippen molar-refractivity contribution in [3.05, 3.63) is 22.8 Å². The van der Waals surface area contributed by atoms with Gasteiger partial charge in [-0.05, 0) is 69.6 Å². The third kappa shape index (κ3) is 4.77. The van der Waals surface area contributed by atoms with E-state index in [-0.39, 0.29) is 24.2 Å². The van der Waals surface area contributed by atoms with Gasteiger partial charge in [0.2, 0.25) is 5.91 Å². The van der Waals surface area contributed by atoms with Crippen LogP contribution in [0.25, 0.3) is 0 Å². The number of nitrogens with two attached hydrogens (primary N) is 1. The first-order valence-electron chi connectivity index (χ1n) is 14.3. The minimum absolute atomic E-state index is 0.0145. The van der Waals surface area contributed by atoms with Crippen molar-refractivity contribution in [2.24, 2.45) is 29.4 Å². The average molecular weight is 571 g/mol. The lowest BCUT2D eigenvalue weighted by Crippen LogP contribution is -2.74. The predicted octanol–water partition coefficient (Wildman–Crippen LogP) is 0.555. The zero-order valence-electron chi connectivity index (χ0n) is 24.8. The fraction of sp³-hybridized carbons (Fsp3) is 0.633. The number of fused-ring (bicyclic) bond motifs is 3. The van der Waals surface area contributed by atoms with Crippen LogP contribution in [0.2, 0.25) is 0 Å². The summed E-state index contributed by atoms with van der Waals surface area (Å²) in [5.74, 6) is -10.4. The third-order valence-corrected chi connectivity index (χ3v) is 9.23. The number of phenols is 1. The molecule has 224 valence electrons. The summed E-state index contributed by atoms with van der Waals surface area (Å²) in [5, 5.41) is 22.9. The molecule has 3 aliphatic rings. The van der Waals surface area contributed by atoms with E-state index in [2.05, 4.69) is 18.7 Å². The van der Waals surface area contributed by atoms with Crippen molar-refractivity contribution in [3.8, 4) is 5.75 Å². The van der Waals surface area contributed by atoms with Gasteiger partial charge in [0, 0.05) is 32.2 Å². The van der Waals surface area contributed by atoms with E-state index in [4.69, 9.17) is 5.73 Å². The molecule has 0 aliphatic heterocycles. The predicted molar refractivity (Wildman–Crippen MR) is 152 cm³/mol. The normalized spacial score (nSPS) is 29.4. The van der Waals surface area contributed by atoms with Crippen molar-refractivity contribution in [1.82, 2.24) is 9.80 Å². The number of phenolic OH excluding ortho intramolecular Hbond substituents is 1. The molecule has 3 aliphatic carbocycles. The van der Waals surface area contributed by atoms with Crippen LogP contribution >= 0.6 is 0 Å². The van der Waals surface area contributed by atoms with Gasteiger partial charge in [-0.25, -0.2) is 0 Å². The van der Waals surface area contributed by atoms with Gasteiger partial charge in [-0.1, -0.05) is 20.3 Å². The number of benzene rings is 1. The van der Waals surface area contributed by atoms with E-state index >= 15 is 0 Å². The van der Waals surface area contributed by atoms with Crippen LogP contribution in [-0.4, -0.2) is 102 Å². The largest absolute Gasteiger partial charge is 0.507 e. The number of rotatable bonds is 9. The van der Waals surface area contributed by atoms with Gasteiger partial charge in [-0.2, -0.15) is 0 Å². The Morgan fingerprint density at radius 3 is 2.29 bits per heavy atom. The first-order chi connectivity index (χ1) is 19.2. The lowest BCUT2D eigenvalue weighted by molar-refractivity contribution is -0.181. The van der Waals surface area contributed by atoms with Crippen LogP contribution in [0.3, 0.4) is 0 Å². The maximum Gasteiger partial charge on any atom is 0.235 e. The Hall–Kier alpha value is -3.15. The lowest BCUT2D eigenvalue weighted by Gasteiger charge is -2.52. The summed E-state index contributed by atoms with van der Waals surface area (Å²) in [5.41, 5.74) is 4.93. The molecule has 0 bridgehead atoms. The van der Waals surface area contributed by atoms with Crippen LogP contribution in [0, 0.1) is 23.7 Å². The van der Waals surface area contributed by atoms with Gasteiger partial charge in [-0.15, -0.1) is 0 Å². The number of carbonyl (C=O) groups is 5. The smallest absolute Gasteiger partial charge is 0.235 e. The van der Waals surface area contributed by atoms with Crippen molar-refractivity contribution in [2.75, 3.05) is 46.2 Å². The highest BCUT2D eigenvalue weighted by Crippen LogP contribution is 2.52. The van der Waals surface area contributed by atoms with Gasteiger partial charge < -0.3 is 20.8 Å². The molecule has 1 aromatic rings. The first kappa shape index (κ1) is 30.8. The number of primary amides is 1. The van der Waals surface area contributed by atoms with Gasteiger partial charge in [0.05, 0.1) is 17.5 Å². The van der Waals surface area contributed by atoms with Crippen LogP contribution < -0.4 is 10.6 Å². The summed E-state index contributed by atoms with van der Waals surface area (Å²) in [4.78, 5) is 72.5. The van der Waals surface area contributed by atoms with E-state index in [0.717, 1.165) is 37.2 Å². The van der Waals surface area contributed by atoms with E-state index in [1.807, 2.05) is 19.0 Å². The molecule has 1 amide bonds. The Bertz CT molecular complexity index is 1290. The standard InChI is InChI=1S/C30H42N4O7/c1-7-9-10-34(8-2)14-16-13-19(35)21-17(23(16)32(3)4)11-15-12-18-24(33(5)6)26(37)22(29(31)40)28(39)30(18,41)27(38)20(15)25(21)36/h13,15,18,20,22,24,35,41H,7-12,14H2,1-6H3,(H2,31,40)/t15-,18-,20?,22?,24-,30-/m0/s1. The van der Waals surface area contributed by atoms with E-state index in [1.54, 1.807) is 20.2 Å². The summed E-state index contributed by atoms with van der Waals surface area (Å²) < 4.78 is 0. The fourth-order valence-corrected chi connectivity index (χ4v) is 7.38. The number of ketones is 4. The third-order valence-electron chi connectivity index (χ3n) is 9.23. The molecule has 0 saturated heterocycles. The summed E-state index contributed by atoms with van der Waals surface area (Å²) in [7, 11) is 6.87. The van der Waals surface area contributed by atoms with Crippen LogP contribution in [0.1, 0.15) is 54.6 Å². The number of anilines is 1. The molecule has 4 rings (SSSR count). The number of aromatic hydroxyl groups is 1. The number of Topliss-reactive ketones (excluding diaryl/α,β-unsaturated/α-hetero) is 4. The van der Waals surface area contributed by atoms with E-state index in [1.165, 1.54) is 4.90 Å². The lowest BCUT2D eigenvalue weighted by atomic mass is 9.52. The van der Waals surface area contributed by atoms with Crippen molar-refractivity contribution in [2.45, 2.75) is 57.7 Å². The van der Waals surface area contributed by atoms with E-state index < -0.39 is 64.4 Å². The molecule has 0 radical (unpaired) electrons. The minimum Gasteiger partial charge on any atom is -0.507 e. The van der Waals surface area contributed by atoms with Gasteiger partial charge in [0.1, 0.15) is 5.75 Å². The monoisotopic (exact) mass is 570 g/mol. The molecule has 1 aromatic carbocycles. The number of hydrogen-bond donors (Lipinski definition) is 3. The summed E-state index contributed by atoms with van der Waals surface area (Å²) in [6.45, 7) is 6.46. The number of aliphatic hydroxyl groups is 1. The number of nitrogens with zero attached hydrogens (tertiary/aromatic N) is 3. The van der Waals surface area contributed by atoms with Crippen molar-refractivity contribution in [1.29, 1.82) is 0 Å². The first-order valence-corrected chi connectivity index (χ1v) is 14.3. The fourth-order valence-electron chi connectivity index (χ4n) is 7.38. The molecule has 2 saturated carbocycles. The summed E-state index contributed by atoms with van der Waals surface area (Å²) >= 11 is 0. The molecule has 0 aromatic heterocycles. The van der Waals surface area contributed by atoms with E-state index in [0.29, 0.717) is 12.1 Å². The van der Waals surface area contributed by atoms with Crippen molar-refractivity contribution in [3.63, 3.8) is 0 Å². The number of unbranched alkanes of at least 4 members (excludes halogenated alkanes) is 1. The molecule has 11 nitrogen and oxygen atoms in total. The van der Waals surface area contributed by atoms with Gasteiger partial charge >= 0.3 is 0 Å². The second kappa shape index (κ2) is 11.3. The highest BCUT2D eigenvalue weighted by molar-refractivity contribution is 6.32. The Balaban J connectivity index is 1.84. The van der Waals surface area contributed by atoms with Crippen LogP contribution in [0.5, 0.6) is 5.75 Å². The molecule has 11 heteroatoms. The van der Waals surface area contributed by atoms with Gasteiger partial charge in [0.25, 0.3) is 0 Å². The van der Waals surface area contributed by atoms with Crippen LogP contribution in [-0.2, 0) is 32.1 Å². The highest BCUT2D eigenvalue weighted by atomic mass is 16.3. The number of amides is 1. The molecule has 0 spiro atoms.